The molecule has 22 heavy (non-hydrogen) atoms. The first-order chi connectivity index (χ1) is 10.7. The summed E-state index contributed by atoms with van der Waals surface area (Å²) in [5.41, 5.74) is 0.426. The molecule has 2 rings (SSSR count). The van der Waals surface area contributed by atoms with E-state index in [0.717, 1.165) is 12.8 Å². The minimum Gasteiger partial charge on any atom is -0.467 e. The van der Waals surface area contributed by atoms with Crippen molar-refractivity contribution in [1.82, 2.24) is 4.90 Å². The number of nitrogens with zero attached hydrogens (tertiary/aromatic N) is 1. The minimum absolute atomic E-state index is 0.0602. The lowest BCUT2D eigenvalue weighted by atomic mass is 10.0. The molecule has 0 unspecified atom stereocenters. The number of rotatable bonds is 5. The van der Waals surface area contributed by atoms with Crippen molar-refractivity contribution in [3.8, 4) is 5.75 Å². The first kappa shape index (κ1) is 16.3. The molecular formula is C16H21NO5. The molecule has 0 radical (unpaired) electrons. The number of amides is 1. The van der Waals surface area contributed by atoms with Crippen LogP contribution >= 0.6 is 0 Å². The van der Waals surface area contributed by atoms with E-state index in [0.29, 0.717) is 24.3 Å². The van der Waals surface area contributed by atoms with Crippen molar-refractivity contribution in [3.05, 3.63) is 29.8 Å². The van der Waals surface area contributed by atoms with Crippen LogP contribution in [-0.4, -0.2) is 50.4 Å². The molecule has 1 aliphatic heterocycles. The molecule has 1 amide bonds. The van der Waals surface area contributed by atoms with Gasteiger partial charge in [0.2, 0.25) is 0 Å². The van der Waals surface area contributed by atoms with Crippen LogP contribution in [0.1, 0.15) is 29.6 Å². The third kappa shape index (κ3) is 3.57. The summed E-state index contributed by atoms with van der Waals surface area (Å²) in [4.78, 5) is 26.3. The van der Waals surface area contributed by atoms with Gasteiger partial charge in [-0.1, -0.05) is 12.1 Å². The number of esters is 1. The van der Waals surface area contributed by atoms with Gasteiger partial charge in [-0.2, -0.15) is 0 Å². The van der Waals surface area contributed by atoms with E-state index in [1.165, 1.54) is 14.2 Å². The Hall–Kier alpha value is -2.08. The number of hydrogen-bond acceptors (Lipinski definition) is 5. The fourth-order valence-electron chi connectivity index (χ4n) is 2.60. The largest absolute Gasteiger partial charge is 0.467 e. The van der Waals surface area contributed by atoms with Gasteiger partial charge in [0.25, 0.3) is 5.91 Å². The lowest BCUT2D eigenvalue weighted by Gasteiger charge is -2.34. The molecule has 0 aliphatic carbocycles. The highest BCUT2D eigenvalue weighted by Gasteiger charge is 2.34. The highest BCUT2D eigenvalue weighted by Crippen LogP contribution is 2.25. The van der Waals surface area contributed by atoms with E-state index in [2.05, 4.69) is 0 Å². The van der Waals surface area contributed by atoms with Crippen LogP contribution in [0.15, 0.2) is 24.3 Å². The van der Waals surface area contributed by atoms with Crippen molar-refractivity contribution >= 4 is 11.9 Å². The van der Waals surface area contributed by atoms with E-state index < -0.39 is 6.04 Å². The monoisotopic (exact) mass is 307 g/mol. The average molecular weight is 307 g/mol. The Labute approximate surface area is 129 Å². The molecular weight excluding hydrogens is 286 g/mol. The molecule has 1 aliphatic rings. The standard InChI is InChI=1S/C16H21NO5/c1-20-11-22-14-9-4-3-7-12(14)15(18)17-10-6-5-8-13(17)16(19)21-2/h3-4,7,9,13H,5-6,8,10-11H2,1-2H3/t13-/m0/s1. The Kier molecular flexibility index (Phi) is 5.77. The number of methoxy groups -OCH3 is 2. The van der Waals surface area contributed by atoms with Crippen molar-refractivity contribution in [3.63, 3.8) is 0 Å². The second-order valence-electron chi connectivity index (χ2n) is 5.08. The summed E-state index contributed by atoms with van der Waals surface area (Å²) in [5.74, 6) is -0.145. The first-order valence-electron chi connectivity index (χ1n) is 7.28. The van der Waals surface area contributed by atoms with Crippen LogP contribution in [0.4, 0.5) is 0 Å². The Morgan fingerprint density at radius 1 is 1.23 bits per heavy atom. The molecule has 1 aromatic carbocycles. The van der Waals surface area contributed by atoms with Gasteiger partial charge < -0.3 is 19.1 Å². The maximum Gasteiger partial charge on any atom is 0.328 e. The summed E-state index contributed by atoms with van der Waals surface area (Å²) in [6.45, 7) is 0.599. The van der Waals surface area contributed by atoms with Gasteiger partial charge in [0.15, 0.2) is 6.79 Å². The molecule has 1 atom stereocenters. The predicted octanol–water partition coefficient (Wildman–Crippen LogP) is 1.84. The van der Waals surface area contributed by atoms with Crippen molar-refractivity contribution < 1.29 is 23.8 Å². The van der Waals surface area contributed by atoms with Crippen LogP contribution in [0.2, 0.25) is 0 Å². The van der Waals surface area contributed by atoms with Crippen LogP contribution in [0, 0.1) is 0 Å². The van der Waals surface area contributed by atoms with Gasteiger partial charge >= 0.3 is 5.97 Å². The number of hydrogen-bond donors (Lipinski definition) is 0. The predicted molar refractivity (Wildman–Crippen MR) is 79.6 cm³/mol. The van der Waals surface area contributed by atoms with Gasteiger partial charge in [-0.05, 0) is 31.4 Å². The lowest BCUT2D eigenvalue weighted by molar-refractivity contribution is -0.147. The molecule has 6 nitrogen and oxygen atoms in total. The third-order valence-corrected chi connectivity index (χ3v) is 3.69. The van der Waals surface area contributed by atoms with Crippen molar-refractivity contribution in [1.29, 1.82) is 0 Å². The van der Waals surface area contributed by atoms with Gasteiger partial charge in [0.05, 0.1) is 12.7 Å². The number of benzene rings is 1. The quantitative estimate of drug-likeness (QED) is 0.613. The fraction of sp³-hybridized carbons (Fsp3) is 0.500. The van der Waals surface area contributed by atoms with E-state index >= 15 is 0 Å². The van der Waals surface area contributed by atoms with Crippen molar-refractivity contribution in [2.75, 3.05) is 27.6 Å². The second kappa shape index (κ2) is 7.79. The summed E-state index contributed by atoms with van der Waals surface area (Å²) in [7, 11) is 2.86. The van der Waals surface area contributed by atoms with Crippen LogP contribution in [-0.2, 0) is 14.3 Å². The second-order valence-corrected chi connectivity index (χ2v) is 5.08. The summed E-state index contributed by atoms with van der Waals surface area (Å²) >= 11 is 0. The smallest absolute Gasteiger partial charge is 0.328 e. The Balaban J connectivity index is 2.23. The summed E-state index contributed by atoms with van der Waals surface area (Å²) in [5, 5.41) is 0. The third-order valence-electron chi connectivity index (χ3n) is 3.69. The molecule has 1 saturated heterocycles. The van der Waals surface area contributed by atoms with Crippen molar-refractivity contribution in [2.45, 2.75) is 25.3 Å². The van der Waals surface area contributed by atoms with E-state index in [1.54, 1.807) is 29.2 Å². The normalized spacial score (nSPS) is 17.9. The number of carbonyl (C=O) groups is 2. The molecule has 0 aromatic heterocycles. The Morgan fingerprint density at radius 3 is 2.73 bits per heavy atom. The minimum atomic E-state index is -0.526. The summed E-state index contributed by atoms with van der Waals surface area (Å²) in [6.07, 6.45) is 2.41. The van der Waals surface area contributed by atoms with Gasteiger partial charge in [-0.3, -0.25) is 4.79 Å². The SMILES string of the molecule is COCOc1ccccc1C(=O)N1CCCC[C@H]1C(=O)OC. The Bertz CT molecular complexity index is 531. The molecule has 6 heteroatoms. The average Bonchev–Trinajstić information content (AvgIpc) is 2.59. The number of piperidine rings is 1. The summed E-state index contributed by atoms with van der Waals surface area (Å²) < 4.78 is 15.1. The number of ether oxygens (including phenoxy) is 3. The highest BCUT2D eigenvalue weighted by atomic mass is 16.7. The molecule has 0 spiro atoms. The topological polar surface area (TPSA) is 65.1 Å². The molecule has 0 bridgehead atoms. The molecule has 1 heterocycles. The van der Waals surface area contributed by atoms with Gasteiger partial charge in [0.1, 0.15) is 11.8 Å². The lowest BCUT2D eigenvalue weighted by Crippen LogP contribution is -2.48. The molecule has 1 aromatic rings. The van der Waals surface area contributed by atoms with Crippen molar-refractivity contribution in [2.24, 2.45) is 0 Å². The van der Waals surface area contributed by atoms with Crippen LogP contribution in [0.3, 0.4) is 0 Å². The van der Waals surface area contributed by atoms with E-state index in [1.807, 2.05) is 0 Å². The zero-order valence-electron chi connectivity index (χ0n) is 12.9. The van der Waals surface area contributed by atoms with E-state index in [4.69, 9.17) is 14.2 Å². The molecule has 0 N–H and O–H groups in total. The van der Waals surface area contributed by atoms with Gasteiger partial charge in [-0.15, -0.1) is 0 Å². The number of likely N-dealkylation sites (tertiary alicyclic amines) is 1. The molecule has 0 saturated carbocycles. The Morgan fingerprint density at radius 2 is 2.00 bits per heavy atom. The van der Waals surface area contributed by atoms with E-state index in [-0.39, 0.29) is 18.7 Å². The zero-order valence-corrected chi connectivity index (χ0v) is 12.9. The molecule has 120 valence electrons. The first-order valence-corrected chi connectivity index (χ1v) is 7.28. The molecule has 1 fully saturated rings. The summed E-state index contributed by atoms with van der Waals surface area (Å²) in [6, 6.07) is 6.43. The van der Waals surface area contributed by atoms with Crippen LogP contribution in [0.5, 0.6) is 5.75 Å². The fourth-order valence-corrected chi connectivity index (χ4v) is 2.60. The van der Waals surface area contributed by atoms with Crippen LogP contribution in [0.25, 0.3) is 0 Å². The van der Waals surface area contributed by atoms with Gasteiger partial charge in [-0.25, -0.2) is 4.79 Å². The number of carbonyl (C=O) groups excluding carboxylic acids is 2. The maximum absolute atomic E-state index is 12.8. The maximum atomic E-state index is 12.8. The zero-order chi connectivity index (χ0) is 15.9. The van der Waals surface area contributed by atoms with Crippen LogP contribution < -0.4 is 4.74 Å². The van der Waals surface area contributed by atoms with Gasteiger partial charge in [0, 0.05) is 13.7 Å². The van der Waals surface area contributed by atoms with E-state index in [9.17, 15) is 9.59 Å². The highest BCUT2D eigenvalue weighted by molar-refractivity contribution is 5.99. The number of para-hydroxylation sites is 1.